The predicted octanol–water partition coefficient (Wildman–Crippen LogP) is 5.44. The average molecular weight is 474 g/mol. The van der Waals surface area contributed by atoms with Gasteiger partial charge in [0.1, 0.15) is 4.83 Å². The first-order valence-electron chi connectivity index (χ1n) is 10.00. The SMILES string of the molecule is Cc1cccc(-c2c(C)c(-c3ccc(Cl)cc3Cl)nc3sc4c(c23)CCCC4)c1.[Cl-]. The van der Waals surface area contributed by atoms with Crippen molar-refractivity contribution in [2.24, 2.45) is 0 Å². The quantitative estimate of drug-likeness (QED) is 0.378. The number of aromatic nitrogens is 1. The number of aryl methyl sites for hydroxylation is 3. The van der Waals surface area contributed by atoms with Gasteiger partial charge >= 0.3 is 0 Å². The second-order valence-electron chi connectivity index (χ2n) is 7.85. The van der Waals surface area contributed by atoms with E-state index < -0.39 is 0 Å². The molecular formula is C25H21Cl3NS-. The van der Waals surface area contributed by atoms with Crippen LogP contribution in [-0.4, -0.2) is 4.98 Å². The van der Waals surface area contributed by atoms with Gasteiger partial charge in [-0.15, -0.1) is 11.3 Å². The van der Waals surface area contributed by atoms with E-state index in [2.05, 4.69) is 38.1 Å². The second-order valence-corrected chi connectivity index (χ2v) is 9.77. The third-order valence-electron chi connectivity index (χ3n) is 5.84. The minimum atomic E-state index is 0. The van der Waals surface area contributed by atoms with Crippen molar-refractivity contribution < 1.29 is 12.4 Å². The Kier molecular flexibility index (Phi) is 6.14. The van der Waals surface area contributed by atoms with Gasteiger partial charge in [0.25, 0.3) is 0 Å². The molecule has 1 aliphatic rings. The normalized spacial score (nSPS) is 13.2. The van der Waals surface area contributed by atoms with E-state index in [0.29, 0.717) is 10.0 Å². The molecule has 2 aromatic heterocycles. The van der Waals surface area contributed by atoms with E-state index >= 15 is 0 Å². The molecule has 0 amide bonds. The summed E-state index contributed by atoms with van der Waals surface area (Å²) in [5.41, 5.74) is 8.41. The maximum Gasteiger partial charge on any atom is 0.125 e. The summed E-state index contributed by atoms with van der Waals surface area (Å²) in [7, 11) is 0. The zero-order valence-corrected chi connectivity index (χ0v) is 19.9. The highest BCUT2D eigenvalue weighted by atomic mass is 35.5. The van der Waals surface area contributed by atoms with Crippen molar-refractivity contribution in [3.05, 3.63) is 74.1 Å². The zero-order valence-electron chi connectivity index (χ0n) is 16.9. The number of thiophene rings is 1. The van der Waals surface area contributed by atoms with Crippen molar-refractivity contribution >= 4 is 44.8 Å². The number of hydrogen-bond acceptors (Lipinski definition) is 2. The molecule has 30 heavy (non-hydrogen) atoms. The predicted molar refractivity (Wildman–Crippen MR) is 127 cm³/mol. The summed E-state index contributed by atoms with van der Waals surface area (Å²) < 4.78 is 0. The lowest BCUT2D eigenvalue weighted by molar-refractivity contribution is -0.00000556. The summed E-state index contributed by atoms with van der Waals surface area (Å²) in [5, 5.41) is 2.63. The Hall–Kier alpha value is -1.58. The summed E-state index contributed by atoms with van der Waals surface area (Å²) >= 11 is 14.6. The number of fused-ring (bicyclic) bond motifs is 3. The van der Waals surface area contributed by atoms with E-state index in [9.17, 15) is 0 Å². The third kappa shape index (κ3) is 3.65. The molecule has 0 radical (unpaired) electrons. The fourth-order valence-corrected chi connectivity index (χ4v) is 6.25. The lowest BCUT2D eigenvalue weighted by Crippen LogP contribution is -3.00. The third-order valence-corrected chi connectivity index (χ3v) is 7.57. The molecule has 2 aromatic carbocycles. The molecule has 0 aliphatic heterocycles. The van der Waals surface area contributed by atoms with Crippen LogP contribution in [0.15, 0.2) is 42.5 Å². The molecule has 1 nitrogen and oxygen atoms in total. The number of hydrogen-bond donors (Lipinski definition) is 0. The van der Waals surface area contributed by atoms with Crippen molar-refractivity contribution in [2.75, 3.05) is 0 Å². The van der Waals surface area contributed by atoms with Crippen LogP contribution in [0.3, 0.4) is 0 Å². The Labute approximate surface area is 197 Å². The van der Waals surface area contributed by atoms with Crippen LogP contribution in [-0.2, 0) is 12.8 Å². The number of rotatable bonds is 2. The Morgan fingerprint density at radius 3 is 2.53 bits per heavy atom. The van der Waals surface area contributed by atoms with Gasteiger partial charge in [-0.25, -0.2) is 4.98 Å². The molecule has 5 heteroatoms. The molecule has 4 aromatic rings. The number of halogens is 3. The van der Waals surface area contributed by atoms with Gasteiger partial charge in [0.2, 0.25) is 0 Å². The Bertz CT molecular complexity index is 1260. The van der Waals surface area contributed by atoms with Gasteiger partial charge in [-0.3, -0.25) is 0 Å². The van der Waals surface area contributed by atoms with E-state index in [1.54, 1.807) is 6.07 Å². The molecule has 0 bridgehead atoms. The second kappa shape index (κ2) is 8.51. The molecule has 0 unspecified atom stereocenters. The highest BCUT2D eigenvalue weighted by Crippen LogP contribution is 2.45. The summed E-state index contributed by atoms with van der Waals surface area (Å²) in [6.07, 6.45) is 4.85. The summed E-state index contributed by atoms with van der Waals surface area (Å²) in [6, 6.07) is 14.5. The van der Waals surface area contributed by atoms with Gasteiger partial charge in [0.15, 0.2) is 0 Å². The number of nitrogens with zero attached hydrogens (tertiary/aromatic N) is 1. The van der Waals surface area contributed by atoms with Crippen LogP contribution in [0.25, 0.3) is 32.6 Å². The van der Waals surface area contributed by atoms with Crippen LogP contribution in [0.4, 0.5) is 0 Å². The van der Waals surface area contributed by atoms with Crippen LogP contribution in [0.2, 0.25) is 10.0 Å². The van der Waals surface area contributed by atoms with Crippen molar-refractivity contribution in [1.29, 1.82) is 0 Å². The molecule has 5 rings (SSSR count). The van der Waals surface area contributed by atoms with E-state index in [-0.39, 0.29) is 12.4 Å². The van der Waals surface area contributed by atoms with E-state index in [1.807, 2.05) is 23.5 Å². The highest BCUT2D eigenvalue weighted by molar-refractivity contribution is 7.19. The molecular weight excluding hydrogens is 453 g/mol. The van der Waals surface area contributed by atoms with Crippen molar-refractivity contribution in [2.45, 2.75) is 39.5 Å². The molecule has 0 atom stereocenters. The number of pyridine rings is 1. The number of benzene rings is 2. The van der Waals surface area contributed by atoms with Crippen LogP contribution < -0.4 is 12.4 Å². The largest absolute Gasteiger partial charge is 1.00 e. The minimum absolute atomic E-state index is 0. The first kappa shape index (κ1) is 21.6. The lowest BCUT2D eigenvalue weighted by Gasteiger charge is -2.17. The van der Waals surface area contributed by atoms with E-state index in [0.717, 1.165) is 22.5 Å². The van der Waals surface area contributed by atoms with Gasteiger partial charge in [0.05, 0.1) is 10.7 Å². The Morgan fingerprint density at radius 2 is 1.77 bits per heavy atom. The average Bonchev–Trinajstić information content (AvgIpc) is 3.06. The van der Waals surface area contributed by atoms with Gasteiger partial charge in [-0.1, -0.05) is 53.0 Å². The van der Waals surface area contributed by atoms with E-state index in [4.69, 9.17) is 28.2 Å². The first-order valence-corrected chi connectivity index (χ1v) is 11.6. The fraction of sp³-hybridized carbons (Fsp3) is 0.240. The maximum atomic E-state index is 6.59. The van der Waals surface area contributed by atoms with Crippen LogP contribution in [0, 0.1) is 13.8 Å². The Balaban J connectivity index is 0.00000218. The smallest absolute Gasteiger partial charge is 0.125 e. The summed E-state index contributed by atoms with van der Waals surface area (Å²) in [5.74, 6) is 0. The molecule has 0 N–H and O–H groups in total. The summed E-state index contributed by atoms with van der Waals surface area (Å²) in [6.45, 7) is 4.33. The molecule has 154 valence electrons. The highest BCUT2D eigenvalue weighted by Gasteiger charge is 2.24. The molecule has 0 saturated carbocycles. The molecule has 0 spiro atoms. The van der Waals surface area contributed by atoms with Gasteiger partial charge in [-0.05, 0) is 80.0 Å². The monoisotopic (exact) mass is 472 g/mol. The molecule has 0 fully saturated rings. The standard InChI is InChI=1S/C25H21Cl2NS.ClH/c1-14-6-5-7-16(12-14)22-15(2)24(18-11-10-17(26)13-20(18)27)28-25-23(22)19-8-3-4-9-21(19)29-25;/h5-7,10-13H,3-4,8-9H2,1-2H3;1H/p-1. The molecule has 0 saturated heterocycles. The van der Waals surface area contributed by atoms with Gasteiger partial charge in [-0.2, -0.15) is 0 Å². The van der Waals surface area contributed by atoms with Crippen molar-refractivity contribution in [3.63, 3.8) is 0 Å². The van der Waals surface area contributed by atoms with Crippen molar-refractivity contribution in [3.8, 4) is 22.4 Å². The zero-order chi connectivity index (χ0) is 20.1. The molecule has 1 aliphatic carbocycles. The fourth-order valence-electron chi connectivity index (χ4n) is 4.48. The van der Waals surface area contributed by atoms with Crippen LogP contribution >= 0.6 is 34.5 Å². The summed E-state index contributed by atoms with van der Waals surface area (Å²) in [4.78, 5) is 7.77. The minimum Gasteiger partial charge on any atom is -1.00 e. The Morgan fingerprint density at radius 1 is 0.967 bits per heavy atom. The van der Waals surface area contributed by atoms with Gasteiger partial charge < -0.3 is 12.4 Å². The van der Waals surface area contributed by atoms with E-state index in [1.165, 1.54) is 57.3 Å². The first-order chi connectivity index (χ1) is 14.0. The van der Waals surface area contributed by atoms with Crippen LogP contribution in [0.5, 0.6) is 0 Å². The lowest BCUT2D eigenvalue weighted by atomic mass is 9.89. The van der Waals surface area contributed by atoms with Crippen molar-refractivity contribution in [1.82, 2.24) is 4.98 Å². The van der Waals surface area contributed by atoms with Crippen LogP contribution in [0.1, 0.15) is 34.4 Å². The molecule has 2 heterocycles. The van der Waals surface area contributed by atoms with Gasteiger partial charge in [0, 0.05) is 20.8 Å². The maximum absolute atomic E-state index is 6.59. The topological polar surface area (TPSA) is 12.9 Å².